The predicted molar refractivity (Wildman–Crippen MR) is 80.3 cm³/mol. The van der Waals surface area contributed by atoms with Crippen LogP contribution in [0.25, 0.3) is 10.4 Å². The molecule has 0 unspecified atom stereocenters. The lowest BCUT2D eigenvalue weighted by Crippen LogP contribution is -1.99. The van der Waals surface area contributed by atoms with Crippen molar-refractivity contribution in [2.75, 3.05) is 5.73 Å². The van der Waals surface area contributed by atoms with Crippen LogP contribution in [0.1, 0.15) is 27.7 Å². The number of benzene rings is 1. The number of carboxylic acids is 1. The first-order valence-electron chi connectivity index (χ1n) is 5.86. The van der Waals surface area contributed by atoms with E-state index in [9.17, 15) is 4.79 Å². The number of hydrogen-bond acceptors (Lipinski definition) is 3. The number of carbonyl (C=O) groups is 1. The maximum atomic E-state index is 11.2. The quantitative estimate of drug-likeness (QED) is 0.891. The maximum Gasteiger partial charge on any atom is 0.348 e. The molecule has 5 heteroatoms. The Balaban J connectivity index is 2.68. The van der Waals surface area contributed by atoms with Crippen LogP contribution in [0.5, 0.6) is 0 Å². The third-order valence-corrected chi connectivity index (χ3v) is 4.55. The van der Waals surface area contributed by atoms with E-state index in [-0.39, 0.29) is 4.88 Å². The molecule has 0 fully saturated rings. The van der Waals surface area contributed by atoms with Crippen molar-refractivity contribution in [2.24, 2.45) is 0 Å². The summed E-state index contributed by atoms with van der Waals surface area (Å²) in [6.07, 6.45) is 0.676. The highest BCUT2D eigenvalue weighted by molar-refractivity contribution is 7.18. The number of aromatic carboxylic acids is 1. The fourth-order valence-corrected chi connectivity index (χ4v) is 3.59. The van der Waals surface area contributed by atoms with Gasteiger partial charge in [0, 0.05) is 15.5 Å². The monoisotopic (exact) mass is 295 g/mol. The van der Waals surface area contributed by atoms with Gasteiger partial charge in [0.25, 0.3) is 0 Å². The van der Waals surface area contributed by atoms with Crippen LogP contribution >= 0.6 is 22.9 Å². The SMILES string of the molecule is CCc1c(-c2ccc(C)cc2Cl)sc(C(=O)O)c1N. The van der Waals surface area contributed by atoms with Crippen LogP contribution in [0.3, 0.4) is 0 Å². The summed E-state index contributed by atoms with van der Waals surface area (Å²) in [7, 11) is 0. The number of anilines is 1. The number of aryl methyl sites for hydroxylation is 1. The van der Waals surface area contributed by atoms with Crippen molar-refractivity contribution in [1.29, 1.82) is 0 Å². The molecule has 0 saturated carbocycles. The van der Waals surface area contributed by atoms with Crippen molar-refractivity contribution in [1.82, 2.24) is 0 Å². The first-order valence-corrected chi connectivity index (χ1v) is 7.06. The zero-order valence-electron chi connectivity index (χ0n) is 10.7. The van der Waals surface area contributed by atoms with Gasteiger partial charge in [-0.3, -0.25) is 0 Å². The first-order chi connectivity index (χ1) is 8.95. The van der Waals surface area contributed by atoms with E-state index in [1.807, 2.05) is 32.0 Å². The minimum atomic E-state index is -0.994. The average Bonchev–Trinajstić information content (AvgIpc) is 2.66. The molecule has 0 radical (unpaired) electrons. The Labute approximate surface area is 120 Å². The van der Waals surface area contributed by atoms with Gasteiger partial charge < -0.3 is 10.8 Å². The molecule has 2 aromatic rings. The Morgan fingerprint density at radius 2 is 2.16 bits per heavy atom. The zero-order chi connectivity index (χ0) is 14.2. The van der Waals surface area contributed by atoms with Gasteiger partial charge in [-0.1, -0.05) is 30.7 Å². The van der Waals surface area contributed by atoms with E-state index in [4.69, 9.17) is 22.4 Å². The highest BCUT2D eigenvalue weighted by Crippen LogP contribution is 2.41. The van der Waals surface area contributed by atoms with Gasteiger partial charge in [0.05, 0.1) is 5.69 Å². The van der Waals surface area contributed by atoms with Gasteiger partial charge in [-0.15, -0.1) is 11.3 Å². The van der Waals surface area contributed by atoms with Gasteiger partial charge in [0.2, 0.25) is 0 Å². The van der Waals surface area contributed by atoms with Crippen LogP contribution in [-0.2, 0) is 6.42 Å². The molecule has 0 bridgehead atoms. The van der Waals surface area contributed by atoms with E-state index in [2.05, 4.69) is 0 Å². The molecule has 3 nitrogen and oxygen atoms in total. The molecule has 19 heavy (non-hydrogen) atoms. The lowest BCUT2D eigenvalue weighted by Gasteiger charge is -2.06. The molecule has 1 aromatic heterocycles. The number of carboxylic acid groups (broad SMARTS) is 1. The fraction of sp³-hybridized carbons (Fsp3) is 0.214. The second kappa shape index (κ2) is 5.23. The minimum absolute atomic E-state index is 0.184. The van der Waals surface area contributed by atoms with E-state index >= 15 is 0 Å². The summed E-state index contributed by atoms with van der Waals surface area (Å²) in [5.41, 5.74) is 9.03. The Hall–Kier alpha value is -1.52. The third kappa shape index (κ3) is 2.46. The maximum absolute atomic E-state index is 11.2. The lowest BCUT2D eigenvalue weighted by molar-refractivity contribution is 0.0703. The van der Waals surface area contributed by atoms with Crippen LogP contribution in [0.2, 0.25) is 5.02 Å². The molecular weight excluding hydrogens is 282 g/mol. The topological polar surface area (TPSA) is 63.3 Å². The van der Waals surface area contributed by atoms with Gasteiger partial charge in [-0.25, -0.2) is 4.79 Å². The van der Waals surface area contributed by atoms with E-state index in [0.29, 0.717) is 17.1 Å². The van der Waals surface area contributed by atoms with Crippen LogP contribution < -0.4 is 5.73 Å². The van der Waals surface area contributed by atoms with E-state index in [1.54, 1.807) is 0 Å². The molecule has 1 aromatic carbocycles. The summed E-state index contributed by atoms with van der Waals surface area (Å²) in [6.45, 7) is 3.91. The van der Waals surface area contributed by atoms with Gasteiger partial charge >= 0.3 is 5.97 Å². The first kappa shape index (κ1) is 13.9. The summed E-state index contributed by atoms with van der Waals surface area (Å²) in [5.74, 6) is -0.994. The van der Waals surface area contributed by atoms with Crippen molar-refractivity contribution >= 4 is 34.6 Å². The number of halogens is 1. The van der Waals surface area contributed by atoms with Crippen molar-refractivity contribution in [3.63, 3.8) is 0 Å². The Bertz CT molecular complexity index is 649. The molecule has 2 rings (SSSR count). The molecule has 0 spiro atoms. The molecule has 100 valence electrons. The summed E-state index contributed by atoms with van der Waals surface area (Å²) in [5, 5.41) is 9.78. The van der Waals surface area contributed by atoms with Crippen LogP contribution in [0.15, 0.2) is 18.2 Å². The normalized spacial score (nSPS) is 10.7. The average molecular weight is 296 g/mol. The summed E-state index contributed by atoms with van der Waals surface area (Å²) in [4.78, 5) is 12.2. The Kier molecular flexibility index (Phi) is 3.83. The molecule has 0 aliphatic carbocycles. The second-order valence-electron chi connectivity index (χ2n) is 4.29. The number of nitrogen functional groups attached to an aromatic ring is 1. The van der Waals surface area contributed by atoms with Crippen molar-refractivity contribution < 1.29 is 9.90 Å². The number of nitrogens with two attached hydrogens (primary N) is 1. The van der Waals surface area contributed by atoms with E-state index < -0.39 is 5.97 Å². The molecule has 0 atom stereocenters. The number of thiophene rings is 1. The standard InChI is InChI=1S/C14H14ClNO2S/c1-3-8-11(16)13(14(17)18)19-12(8)9-5-4-7(2)6-10(9)15/h4-6H,3,16H2,1-2H3,(H,17,18). The predicted octanol–water partition coefficient (Wildman–Crippen LogP) is 4.22. The Morgan fingerprint density at radius 3 is 2.68 bits per heavy atom. The minimum Gasteiger partial charge on any atom is -0.477 e. The molecular formula is C14H14ClNO2S. The van der Waals surface area contributed by atoms with E-state index in [1.165, 1.54) is 11.3 Å². The highest BCUT2D eigenvalue weighted by Gasteiger charge is 2.21. The molecule has 3 N–H and O–H groups in total. The summed E-state index contributed by atoms with van der Waals surface area (Å²) < 4.78 is 0. The molecule has 0 aliphatic rings. The molecule has 0 saturated heterocycles. The van der Waals surface area contributed by atoms with E-state index in [0.717, 1.165) is 21.6 Å². The molecule has 0 amide bonds. The van der Waals surface area contributed by atoms with Crippen molar-refractivity contribution in [2.45, 2.75) is 20.3 Å². The van der Waals surface area contributed by atoms with Crippen LogP contribution in [-0.4, -0.2) is 11.1 Å². The van der Waals surface area contributed by atoms with Crippen LogP contribution in [0.4, 0.5) is 5.69 Å². The fourth-order valence-electron chi connectivity index (χ4n) is 2.01. The highest BCUT2D eigenvalue weighted by atomic mass is 35.5. The number of rotatable bonds is 3. The van der Waals surface area contributed by atoms with Gasteiger partial charge in [0.15, 0.2) is 0 Å². The van der Waals surface area contributed by atoms with Crippen molar-refractivity contribution in [3.8, 4) is 10.4 Å². The summed E-state index contributed by atoms with van der Waals surface area (Å²) >= 11 is 7.44. The van der Waals surface area contributed by atoms with Crippen LogP contribution in [0, 0.1) is 6.92 Å². The van der Waals surface area contributed by atoms with Crippen molar-refractivity contribution in [3.05, 3.63) is 39.2 Å². The lowest BCUT2D eigenvalue weighted by atomic mass is 10.0. The van der Waals surface area contributed by atoms with Gasteiger partial charge in [-0.05, 0) is 30.5 Å². The second-order valence-corrected chi connectivity index (χ2v) is 5.72. The van der Waals surface area contributed by atoms with Gasteiger partial charge in [-0.2, -0.15) is 0 Å². The summed E-state index contributed by atoms with van der Waals surface area (Å²) in [6, 6.07) is 5.73. The zero-order valence-corrected chi connectivity index (χ0v) is 12.2. The Morgan fingerprint density at radius 1 is 1.47 bits per heavy atom. The third-order valence-electron chi connectivity index (χ3n) is 2.96. The largest absolute Gasteiger partial charge is 0.477 e. The molecule has 1 heterocycles. The number of hydrogen-bond donors (Lipinski definition) is 2. The van der Waals surface area contributed by atoms with Gasteiger partial charge in [0.1, 0.15) is 4.88 Å². The smallest absolute Gasteiger partial charge is 0.348 e. The molecule has 0 aliphatic heterocycles.